The standard InChI is InChI=1S/C11H14BrFN2O/c1-2-3-11(16)6-15(7-11)10-9(13)4-8(12)5-14-10/h4-5,16H,2-3,6-7H2,1H3. The second-order valence-corrected chi connectivity index (χ2v) is 5.21. The Bertz CT molecular complexity index is 394. The van der Waals surface area contributed by atoms with Gasteiger partial charge in [0.25, 0.3) is 0 Å². The van der Waals surface area contributed by atoms with Gasteiger partial charge in [-0.25, -0.2) is 9.37 Å². The van der Waals surface area contributed by atoms with E-state index < -0.39 is 5.60 Å². The Labute approximate surface area is 102 Å². The normalized spacial score (nSPS) is 18.4. The van der Waals surface area contributed by atoms with Crippen molar-refractivity contribution in [3.63, 3.8) is 0 Å². The summed E-state index contributed by atoms with van der Waals surface area (Å²) in [5, 5.41) is 9.99. The van der Waals surface area contributed by atoms with Crippen LogP contribution in [0.3, 0.4) is 0 Å². The minimum atomic E-state index is -0.657. The lowest BCUT2D eigenvalue weighted by Crippen LogP contribution is -2.62. The average molecular weight is 289 g/mol. The van der Waals surface area contributed by atoms with Gasteiger partial charge in [-0.2, -0.15) is 0 Å². The zero-order chi connectivity index (χ0) is 11.8. The van der Waals surface area contributed by atoms with Crippen molar-refractivity contribution in [2.24, 2.45) is 0 Å². The Balaban J connectivity index is 2.06. The van der Waals surface area contributed by atoms with Gasteiger partial charge in [-0.1, -0.05) is 13.3 Å². The van der Waals surface area contributed by atoms with Gasteiger partial charge >= 0.3 is 0 Å². The number of hydrogen-bond acceptors (Lipinski definition) is 3. The summed E-state index contributed by atoms with van der Waals surface area (Å²) in [6.45, 7) is 2.96. The highest BCUT2D eigenvalue weighted by Crippen LogP contribution is 2.31. The van der Waals surface area contributed by atoms with Gasteiger partial charge in [0, 0.05) is 10.7 Å². The van der Waals surface area contributed by atoms with Crippen molar-refractivity contribution < 1.29 is 9.50 Å². The van der Waals surface area contributed by atoms with E-state index in [2.05, 4.69) is 20.9 Å². The van der Waals surface area contributed by atoms with Crippen LogP contribution in [0.2, 0.25) is 0 Å². The van der Waals surface area contributed by atoms with Crippen LogP contribution in [0.5, 0.6) is 0 Å². The Morgan fingerprint density at radius 1 is 1.62 bits per heavy atom. The van der Waals surface area contributed by atoms with E-state index in [1.54, 1.807) is 11.1 Å². The number of pyridine rings is 1. The van der Waals surface area contributed by atoms with Crippen LogP contribution in [0.25, 0.3) is 0 Å². The fourth-order valence-corrected chi connectivity index (χ4v) is 2.38. The highest BCUT2D eigenvalue weighted by atomic mass is 79.9. The second-order valence-electron chi connectivity index (χ2n) is 4.29. The molecule has 1 aliphatic heterocycles. The largest absolute Gasteiger partial charge is 0.386 e. The summed E-state index contributed by atoms with van der Waals surface area (Å²) >= 11 is 3.16. The molecule has 1 saturated heterocycles. The van der Waals surface area contributed by atoms with Crippen LogP contribution in [-0.4, -0.2) is 28.8 Å². The van der Waals surface area contributed by atoms with Crippen molar-refractivity contribution >= 4 is 21.7 Å². The first-order valence-electron chi connectivity index (χ1n) is 5.32. The predicted octanol–water partition coefficient (Wildman–Crippen LogP) is 2.33. The van der Waals surface area contributed by atoms with E-state index in [9.17, 15) is 9.50 Å². The third-order valence-corrected chi connectivity index (χ3v) is 3.21. The smallest absolute Gasteiger partial charge is 0.166 e. The van der Waals surface area contributed by atoms with Crippen molar-refractivity contribution in [3.8, 4) is 0 Å². The van der Waals surface area contributed by atoms with Crippen LogP contribution < -0.4 is 4.90 Å². The molecule has 0 aromatic carbocycles. The van der Waals surface area contributed by atoms with E-state index in [4.69, 9.17) is 0 Å². The molecular formula is C11H14BrFN2O. The van der Waals surface area contributed by atoms with Crippen LogP contribution >= 0.6 is 15.9 Å². The maximum atomic E-state index is 13.5. The maximum absolute atomic E-state index is 13.5. The first kappa shape index (κ1) is 11.8. The number of β-amino-alcohol motifs (C(OH)–C–C–N with tert-alkyl or cyclic N) is 1. The summed E-state index contributed by atoms with van der Waals surface area (Å²) in [6.07, 6.45) is 3.25. The van der Waals surface area contributed by atoms with Gasteiger partial charge in [-0.15, -0.1) is 0 Å². The fourth-order valence-electron chi connectivity index (χ4n) is 2.08. The van der Waals surface area contributed by atoms with Gasteiger partial charge in [-0.3, -0.25) is 0 Å². The molecule has 0 amide bonds. The summed E-state index contributed by atoms with van der Waals surface area (Å²) in [6, 6.07) is 1.39. The summed E-state index contributed by atoms with van der Waals surface area (Å²) < 4.78 is 14.2. The third-order valence-electron chi connectivity index (χ3n) is 2.77. The number of aliphatic hydroxyl groups is 1. The van der Waals surface area contributed by atoms with Gasteiger partial charge < -0.3 is 10.0 Å². The molecule has 0 spiro atoms. The molecule has 1 aromatic rings. The lowest BCUT2D eigenvalue weighted by molar-refractivity contribution is 0.00258. The van der Waals surface area contributed by atoms with Crippen LogP contribution in [0.4, 0.5) is 10.2 Å². The van der Waals surface area contributed by atoms with E-state index in [0.717, 1.165) is 12.8 Å². The summed E-state index contributed by atoms with van der Waals surface area (Å²) in [5.41, 5.74) is -0.657. The number of nitrogens with zero attached hydrogens (tertiary/aromatic N) is 2. The van der Waals surface area contributed by atoms with Gasteiger partial charge in [0.15, 0.2) is 11.6 Å². The molecule has 0 atom stereocenters. The first-order chi connectivity index (χ1) is 7.54. The van der Waals surface area contributed by atoms with Gasteiger partial charge in [-0.05, 0) is 28.4 Å². The molecule has 2 rings (SSSR count). The molecule has 0 bridgehead atoms. The molecule has 1 N–H and O–H groups in total. The van der Waals surface area contributed by atoms with Crippen LogP contribution in [0, 0.1) is 5.82 Å². The number of anilines is 1. The van der Waals surface area contributed by atoms with Crippen molar-refractivity contribution in [1.82, 2.24) is 4.98 Å². The van der Waals surface area contributed by atoms with Crippen molar-refractivity contribution in [2.75, 3.05) is 18.0 Å². The molecule has 88 valence electrons. The molecule has 2 heterocycles. The minimum Gasteiger partial charge on any atom is -0.386 e. The predicted molar refractivity (Wildman–Crippen MR) is 64.0 cm³/mol. The minimum absolute atomic E-state index is 0.323. The quantitative estimate of drug-likeness (QED) is 0.928. The molecule has 1 aromatic heterocycles. The molecule has 16 heavy (non-hydrogen) atoms. The monoisotopic (exact) mass is 288 g/mol. The first-order valence-corrected chi connectivity index (χ1v) is 6.12. The SMILES string of the molecule is CCCC1(O)CN(c2ncc(Br)cc2F)C1. The van der Waals surface area contributed by atoms with E-state index in [1.807, 2.05) is 6.92 Å². The Morgan fingerprint density at radius 2 is 2.31 bits per heavy atom. The number of aromatic nitrogens is 1. The second kappa shape index (κ2) is 4.30. The Morgan fingerprint density at radius 3 is 2.88 bits per heavy atom. The lowest BCUT2D eigenvalue weighted by Gasteiger charge is -2.47. The highest BCUT2D eigenvalue weighted by Gasteiger charge is 2.41. The van der Waals surface area contributed by atoms with Crippen LogP contribution in [0.1, 0.15) is 19.8 Å². The topological polar surface area (TPSA) is 36.4 Å². The summed E-state index contributed by atoms with van der Waals surface area (Å²) in [5.74, 6) is -0.0306. The van der Waals surface area contributed by atoms with Gasteiger partial charge in [0.2, 0.25) is 0 Å². The molecule has 0 radical (unpaired) electrons. The molecule has 5 heteroatoms. The van der Waals surface area contributed by atoms with E-state index in [0.29, 0.717) is 23.4 Å². The van der Waals surface area contributed by atoms with Gasteiger partial charge in [0.1, 0.15) is 0 Å². The maximum Gasteiger partial charge on any atom is 0.166 e. The zero-order valence-corrected chi connectivity index (χ0v) is 10.7. The highest BCUT2D eigenvalue weighted by molar-refractivity contribution is 9.10. The average Bonchev–Trinajstić information content (AvgIpc) is 2.14. The van der Waals surface area contributed by atoms with Crippen LogP contribution in [0.15, 0.2) is 16.7 Å². The van der Waals surface area contributed by atoms with E-state index in [1.165, 1.54) is 6.07 Å². The van der Waals surface area contributed by atoms with Crippen LogP contribution in [-0.2, 0) is 0 Å². The van der Waals surface area contributed by atoms with Gasteiger partial charge in [0.05, 0.1) is 18.7 Å². The summed E-state index contributed by atoms with van der Waals surface area (Å²) in [4.78, 5) is 5.78. The number of halogens is 2. The van der Waals surface area contributed by atoms with Crippen molar-refractivity contribution in [2.45, 2.75) is 25.4 Å². The molecule has 0 unspecified atom stereocenters. The van der Waals surface area contributed by atoms with Crippen molar-refractivity contribution in [1.29, 1.82) is 0 Å². The van der Waals surface area contributed by atoms with Crippen molar-refractivity contribution in [3.05, 3.63) is 22.6 Å². The molecule has 0 saturated carbocycles. The summed E-state index contributed by atoms with van der Waals surface area (Å²) in [7, 11) is 0. The molecule has 1 fully saturated rings. The zero-order valence-electron chi connectivity index (χ0n) is 9.08. The molecule has 0 aliphatic carbocycles. The molecule has 3 nitrogen and oxygen atoms in total. The Kier molecular flexibility index (Phi) is 3.17. The molecular weight excluding hydrogens is 275 g/mol. The van der Waals surface area contributed by atoms with E-state index in [-0.39, 0.29) is 5.82 Å². The number of hydrogen-bond donors (Lipinski definition) is 1. The van der Waals surface area contributed by atoms with E-state index >= 15 is 0 Å². The third kappa shape index (κ3) is 2.20. The lowest BCUT2D eigenvalue weighted by atomic mass is 9.89. The number of rotatable bonds is 3. The fraction of sp³-hybridized carbons (Fsp3) is 0.545. The Hall–Kier alpha value is -0.680. The molecule has 1 aliphatic rings.